The second-order valence-electron chi connectivity index (χ2n) is 20.1. The molecule has 8 rings (SSSR count). The monoisotopic (exact) mass is 1120 g/mol. The number of hydrogen-bond donors (Lipinski definition) is 2. The molecule has 1 aliphatic rings. The summed E-state index contributed by atoms with van der Waals surface area (Å²) < 4.78 is 49.0. The summed E-state index contributed by atoms with van der Waals surface area (Å²) in [7, 11) is 1.00. The second kappa shape index (κ2) is 26.7. The number of methoxy groups -OCH3 is 2. The van der Waals surface area contributed by atoms with Crippen molar-refractivity contribution in [2.45, 2.75) is 109 Å². The molecule has 5 aromatic carbocycles. The summed E-state index contributed by atoms with van der Waals surface area (Å²) in [5.41, 5.74) is -1.05. The molecule has 20 heteroatoms. The van der Waals surface area contributed by atoms with Gasteiger partial charge in [0.15, 0.2) is 28.8 Å². The first-order valence-electron chi connectivity index (χ1n) is 26.9. The number of ether oxygens (including phenoxy) is 5. The molecular weight excluding hydrogens is 1050 g/mol. The van der Waals surface area contributed by atoms with Crippen LogP contribution in [0.1, 0.15) is 90.6 Å². The maximum absolute atomic E-state index is 15.3. The summed E-state index contributed by atoms with van der Waals surface area (Å²) in [6.07, 6.45) is -3.89. The van der Waals surface area contributed by atoms with Crippen molar-refractivity contribution < 1.29 is 52.2 Å². The highest BCUT2D eigenvalue weighted by atomic mass is 31.2. The third kappa shape index (κ3) is 12.8. The largest absolute Gasteiger partial charge is 0.497 e. The number of anilines is 3. The predicted octanol–water partition coefficient (Wildman–Crippen LogP) is 11.4. The van der Waals surface area contributed by atoms with Crippen molar-refractivity contribution in [3.05, 3.63) is 163 Å². The molecule has 2 amide bonds. The zero-order valence-electron chi connectivity index (χ0n) is 47.0. The highest BCUT2D eigenvalue weighted by molar-refractivity contribution is 7.44. The fraction of sp³-hybridized carbons (Fsp3) is 0.361. The van der Waals surface area contributed by atoms with Gasteiger partial charge in [-0.2, -0.15) is 15.2 Å². The van der Waals surface area contributed by atoms with Crippen LogP contribution in [-0.2, 0) is 33.7 Å². The van der Waals surface area contributed by atoms with E-state index in [0.29, 0.717) is 40.4 Å². The Bertz CT molecular complexity index is 3160. The minimum Gasteiger partial charge on any atom is -0.497 e. The molecule has 0 radical (unpaired) electrons. The number of ketones is 1. The second-order valence-corrected chi connectivity index (χ2v) is 21.5. The summed E-state index contributed by atoms with van der Waals surface area (Å²) in [5, 5.41) is 26.3. The number of carbonyl (C=O) groups is 3. The molecule has 0 spiro atoms. The van der Waals surface area contributed by atoms with Crippen molar-refractivity contribution in [3.8, 4) is 23.4 Å². The summed E-state index contributed by atoms with van der Waals surface area (Å²) in [4.78, 5) is 58.7. The Labute approximate surface area is 473 Å². The Morgan fingerprint density at radius 2 is 1.35 bits per heavy atom. The predicted molar refractivity (Wildman–Crippen MR) is 307 cm³/mol. The molecule has 2 N–H and O–H groups in total. The molecule has 0 bridgehead atoms. The molecule has 424 valence electrons. The topological polar surface area (TPSA) is 222 Å². The van der Waals surface area contributed by atoms with Gasteiger partial charge < -0.3 is 37.8 Å². The molecular formula is C61H69N8O11P. The number of aromatic nitrogens is 4. The first-order chi connectivity index (χ1) is 39.1. The number of Topliss-reactive ketones (excluding diaryl/α,β-unsaturated/α-hetero) is 1. The Kier molecular flexibility index (Phi) is 19.6. The highest BCUT2D eigenvalue weighted by Gasteiger charge is 2.63. The van der Waals surface area contributed by atoms with E-state index in [1.54, 1.807) is 76.6 Å². The lowest BCUT2D eigenvalue weighted by Gasteiger charge is -2.41. The molecule has 2 aromatic heterocycles. The average Bonchev–Trinajstić information content (AvgIpc) is 3.95. The zero-order valence-corrected chi connectivity index (χ0v) is 47.9. The number of carbonyl (C=O) groups excluding carboxylic acids is 3. The van der Waals surface area contributed by atoms with Gasteiger partial charge in [-0.15, -0.1) is 0 Å². The van der Waals surface area contributed by atoms with Crippen molar-refractivity contribution in [3.63, 3.8) is 0 Å². The molecule has 1 unspecified atom stereocenters. The Morgan fingerprint density at radius 3 is 1.85 bits per heavy atom. The van der Waals surface area contributed by atoms with Gasteiger partial charge in [0.05, 0.1) is 57.6 Å². The molecule has 0 saturated carbocycles. The van der Waals surface area contributed by atoms with Crippen LogP contribution < -0.4 is 24.4 Å². The van der Waals surface area contributed by atoms with Crippen molar-refractivity contribution in [2.24, 2.45) is 5.92 Å². The number of benzene rings is 5. The molecule has 7 aromatic rings. The molecule has 81 heavy (non-hydrogen) atoms. The van der Waals surface area contributed by atoms with Crippen LogP contribution in [0.3, 0.4) is 0 Å². The standard InChI is InChI=1S/C61H69N8O11P/c1-10-21-51(70)60(73)53(80-81(77-37-20-36-62)69(41(4)5)42(6)7)50(38-76-61(43-22-14-11-15-23-43,44-28-32-48(74-8)33-29-44)45-30-34-49(75-9)35-31-45)78-57(60)67-39-63-52-54(67)64-58(65-55(71)40(2)3)66-56(52)79-59(72)68(46-24-16-12-17-25-46)47-26-18-13-19-27-47/h11-19,22-35,39-42,50,53,57,73H,10,20-21,37-38H2,1-9H3,(H,64,65,66,71)/t50-,53-,57-,60-,81?/m1/s1. The minimum absolute atomic E-state index is 0.0227. The van der Waals surface area contributed by atoms with Gasteiger partial charge in [-0.1, -0.05) is 112 Å². The lowest BCUT2D eigenvalue weighted by Crippen LogP contribution is -2.55. The van der Waals surface area contributed by atoms with Gasteiger partial charge in [-0.3, -0.25) is 19.5 Å². The van der Waals surface area contributed by atoms with Gasteiger partial charge in [0, 0.05) is 24.4 Å². The van der Waals surface area contributed by atoms with E-state index in [1.807, 2.05) is 130 Å². The summed E-state index contributed by atoms with van der Waals surface area (Å²) in [6.45, 7) is 12.7. The van der Waals surface area contributed by atoms with Crippen molar-refractivity contribution in [1.82, 2.24) is 24.2 Å². The Hall–Kier alpha value is -7.66. The number of fused-ring (bicyclic) bond motifs is 1. The van der Waals surface area contributed by atoms with E-state index in [9.17, 15) is 20.0 Å². The van der Waals surface area contributed by atoms with E-state index < -0.39 is 61.9 Å². The first-order valence-corrected chi connectivity index (χ1v) is 28.0. The number of amides is 2. The molecule has 1 aliphatic heterocycles. The molecule has 1 fully saturated rings. The summed E-state index contributed by atoms with van der Waals surface area (Å²) in [5.74, 6) is -1.02. The molecule has 0 aliphatic carbocycles. The quantitative estimate of drug-likeness (QED) is 0.0308. The third-order valence-electron chi connectivity index (χ3n) is 13.7. The molecule has 19 nitrogen and oxygen atoms in total. The normalized spacial score (nSPS) is 17.6. The zero-order chi connectivity index (χ0) is 57.8. The van der Waals surface area contributed by atoms with E-state index in [-0.39, 0.29) is 61.1 Å². The lowest BCUT2D eigenvalue weighted by atomic mass is 9.79. The van der Waals surface area contributed by atoms with Crippen molar-refractivity contribution in [1.29, 1.82) is 5.26 Å². The van der Waals surface area contributed by atoms with Crippen LogP contribution in [0.15, 0.2) is 146 Å². The number of imidazole rings is 1. The molecule has 5 atom stereocenters. The fourth-order valence-electron chi connectivity index (χ4n) is 9.80. The Morgan fingerprint density at radius 1 is 0.802 bits per heavy atom. The van der Waals surface area contributed by atoms with Crippen LogP contribution in [0.4, 0.5) is 22.1 Å². The number of nitrogens with zero attached hydrogens (tertiary/aromatic N) is 7. The summed E-state index contributed by atoms with van der Waals surface area (Å²) >= 11 is 0. The maximum Gasteiger partial charge on any atom is 0.425 e. The Balaban J connectivity index is 1.33. The number of nitriles is 1. The fourth-order valence-corrected chi connectivity index (χ4v) is 11.6. The van der Waals surface area contributed by atoms with Crippen LogP contribution in [-0.4, -0.2) is 104 Å². The number of para-hydroxylation sites is 2. The van der Waals surface area contributed by atoms with E-state index in [4.69, 9.17) is 42.7 Å². The van der Waals surface area contributed by atoms with Gasteiger partial charge in [0.1, 0.15) is 29.3 Å². The first kappa shape index (κ1) is 59.5. The third-order valence-corrected chi connectivity index (χ3v) is 15.8. The van der Waals surface area contributed by atoms with Crippen LogP contribution in [0.2, 0.25) is 0 Å². The maximum atomic E-state index is 15.3. The van der Waals surface area contributed by atoms with Crippen LogP contribution in [0.25, 0.3) is 11.2 Å². The van der Waals surface area contributed by atoms with E-state index >= 15 is 4.79 Å². The number of nitrogens with one attached hydrogen (secondary N) is 1. The van der Waals surface area contributed by atoms with Crippen molar-refractivity contribution >= 4 is 54.8 Å². The van der Waals surface area contributed by atoms with Gasteiger partial charge >= 0.3 is 6.09 Å². The van der Waals surface area contributed by atoms with Gasteiger partial charge in [0.25, 0.3) is 14.4 Å². The average molecular weight is 1120 g/mol. The number of aliphatic hydroxyl groups is 1. The number of hydrogen-bond acceptors (Lipinski definition) is 16. The summed E-state index contributed by atoms with van der Waals surface area (Å²) in [6, 6.07) is 44.1. The minimum atomic E-state index is -2.58. The van der Waals surface area contributed by atoms with Crippen LogP contribution in [0, 0.1) is 17.2 Å². The smallest absolute Gasteiger partial charge is 0.425 e. The molecule has 1 saturated heterocycles. The highest BCUT2D eigenvalue weighted by Crippen LogP contribution is 2.54. The van der Waals surface area contributed by atoms with Gasteiger partial charge in [-0.05, 0) is 99.3 Å². The van der Waals surface area contributed by atoms with E-state index in [2.05, 4.69) is 16.4 Å². The van der Waals surface area contributed by atoms with E-state index in [1.165, 1.54) is 15.8 Å². The lowest BCUT2D eigenvalue weighted by molar-refractivity contribution is -0.157. The SMILES string of the molecule is CCCC(=O)[C@@]1(O)[C@H](OP(OCCC#N)N(C(C)C)C(C)C)[C@@H](COC(c2ccccc2)(c2ccc(OC)cc2)c2ccc(OC)cc2)O[C@H]1n1cnc2c(OC(=O)N(c3ccccc3)c3ccccc3)nc(NC(=O)C(C)C)nc21. The number of rotatable bonds is 25. The van der Waals surface area contributed by atoms with Crippen molar-refractivity contribution in [2.75, 3.05) is 37.7 Å². The molecule has 3 heterocycles. The van der Waals surface area contributed by atoms with Gasteiger partial charge in [0.2, 0.25) is 11.9 Å². The van der Waals surface area contributed by atoms with Crippen LogP contribution in [0.5, 0.6) is 17.4 Å². The van der Waals surface area contributed by atoms with Crippen LogP contribution >= 0.6 is 8.53 Å². The van der Waals surface area contributed by atoms with E-state index in [0.717, 1.165) is 5.56 Å². The van der Waals surface area contributed by atoms with Gasteiger partial charge in [-0.25, -0.2) is 19.3 Å².